The molecule has 0 atom stereocenters. The van der Waals surface area contributed by atoms with Crippen LogP contribution < -0.4 is 0 Å². The first kappa shape index (κ1) is 5.98. The van der Waals surface area contributed by atoms with E-state index in [-0.39, 0.29) is 7.12 Å². The molecule has 0 unspecified atom stereocenters. The van der Waals surface area contributed by atoms with E-state index < -0.39 is 0 Å². The van der Waals surface area contributed by atoms with Gasteiger partial charge < -0.3 is 16.1 Å². The van der Waals surface area contributed by atoms with Gasteiger partial charge in [0.1, 0.15) is 0 Å². The van der Waals surface area contributed by atoms with E-state index in [0.717, 1.165) is 0 Å². The summed E-state index contributed by atoms with van der Waals surface area (Å²) in [4.78, 5) is 0. The van der Waals surface area contributed by atoms with Crippen LogP contribution in [0.5, 0.6) is 0 Å². The molecular formula is C3H8BO2-. The van der Waals surface area contributed by atoms with Gasteiger partial charge in [0.05, 0.1) is 0 Å². The highest BCUT2D eigenvalue weighted by molar-refractivity contribution is 6.46. The monoisotopic (exact) mass is 87.1 g/mol. The van der Waals surface area contributed by atoms with Gasteiger partial charge in [0.15, 0.2) is 0 Å². The van der Waals surface area contributed by atoms with Gasteiger partial charge in [-0.05, 0) is 0 Å². The molecule has 0 aliphatic heterocycles. The summed E-state index contributed by atoms with van der Waals surface area (Å²) >= 11 is 0. The van der Waals surface area contributed by atoms with E-state index in [2.05, 4.69) is 16.1 Å². The fourth-order valence-electron chi connectivity index (χ4n) is 0.0962. The highest BCUT2D eigenvalue weighted by Gasteiger charge is 1.87. The lowest BCUT2D eigenvalue weighted by molar-refractivity contribution is 0.290. The summed E-state index contributed by atoms with van der Waals surface area (Å²) in [7, 11) is 2.77. The molecule has 0 rings (SSSR count). The van der Waals surface area contributed by atoms with Crippen LogP contribution in [0.1, 0.15) is 0 Å². The maximum absolute atomic E-state index is 4.57. The number of rotatable bonds is 2. The zero-order chi connectivity index (χ0) is 4.99. The van der Waals surface area contributed by atoms with Gasteiger partial charge in [-0.15, -0.1) is 0 Å². The van der Waals surface area contributed by atoms with Crippen LogP contribution in [0.2, 0.25) is 0 Å². The van der Waals surface area contributed by atoms with Crippen LogP contribution in [0.25, 0.3) is 0 Å². The van der Waals surface area contributed by atoms with Crippen molar-refractivity contribution in [2.45, 2.75) is 0 Å². The number of hydrogen-bond acceptors (Lipinski definition) is 2. The summed E-state index contributed by atoms with van der Waals surface area (Å²) in [6.45, 7) is 3.43. The third-order valence-electron chi connectivity index (χ3n) is 0.526. The van der Waals surface area contributed by atoms with Crippen molar-refractivity contribution in [3.05, 3.63) is 6.82 Å². The van der Waals surface area contributed by atoms with E-state index in [1.807, 2.05) is 0 Å². The largest absolute Gasteiger partial charge is 0.440 e. The Labute approximate surface area is 38.6 Å². The highest BCUT2D eigenvalue weighted by atomic mass is 16.6. The second-order valence-corrected chi connectivity index (χ2v) is 0.901. The van der Waals surface area contributed by atoms with Gasteiger partial charge in [-0.2, -0.15) is 0 Å². The maximum Gasteiger partial charge on any atom is 0.271 e. The van der Waals surface area contributed by atoms with E-state index in [0.29, 0.717) is 0 Å². The van der Waals surface area contributed by atoms with Crippen LogP contribution in [0.4, 0.5) is 0 Å². The molecule has 0 N–H and O–H groups in total. The third-order valence-corrected chi connectivity index (χ3v) is 0.526. The lowest BCUT2D eigenvalue weighted by Gasteiger charge is -2.06. The average molecular weight is 86.9 g/mol. The smallest absolute Gasteiger partial charge is 0.271 e. The molecule has 36 valence electrons. The maximum atomic E-state index is 4.57. The van der Waals surface area contributed by atoms with Crippen molar-refractivity contribution in [1.82, 2.24) is 0 Å². The second-order valence-electron chi connectivity index (χ2n) is 0.901. The van der Waals surface area contributed by atoms with Gasteiger partial charge in [-0.3, -0.25) is 0 Å². The molecule has 0 radical (unpaired) electrons. The van der Waals surface area contributed by atoms with Crippen molar-refractivity contribution in [3.8, 4) is 0 Å². The van der Waals surface area contributed by atoms with Gasteiger partial charge in [0.2, 0.25) is 0 Å². The summed E-state index contributed by atoms with van der Waals surface area (Å²) in [5.74, 6) is 0. The van der Waals surface area contributed by atoms with Crippen LogP contribution in [-0.2, 0) is 9.31 Å². The molecule has 0 saturated heterocycles. The van der Waals surface area contributed by atoms with Crippen molar-refractivity contribution >= 4 is 7.12 Å². The van der Waals surface area contributed by atoms with Crippen molar-refractivity contribution in [2.75, 3.05) is 14.2 Å². The molecule has 0 aromatic heterocycles. The molecule has 0 spiro atoms. The van der Waals surface area contributed by atoms with Crippen molar-refractivity contribution < 1.29 is 9.31 Å². The summed E-state index contributed by atoms with van der Waals surface area (Å²) in [6, 6.07) is 0. The van der Waals surface area contributed by atoms with Crippen molar-refractivity contribution in [1.29, 1.82) is 0 Å². The molecule has 0 saturated carbocycles. The minimum absolute atomic E-state index is 0.315. The second kappa shape index (κ2) is 3.19. The minimum atomic E-state index is -0.315. The first-order valence-electron chi connectivity index (χ1n) is 1.70. The number of hydrogen-bond donors (Lipinski definition) is 0. The summed E-state index contributed by atoms with van der Waals surface area (Å²) in [5, 5.41) is 0. The van der Waals surface area contributed by atoms with Crippen LogP contribution in [-0.4, -0.2) is 21.3 Å². The van der Waals surface area contributed by atoms with Gasteiger partial charge in [0.25, 0.3) is 7.12 Å². The Morgan fingerprint density at radius 2 is 1.67 bits per heavy atom. The normalized spacial score (nSPS) is 8.50. The molecule has 0 aliphatic carbocycles. The molecule has 0 amide bonds. The van der Waals surface area contributed by atoms with Crippen LogP contribution in [0.3, 0.4) is 0 Å². The first-order chi connectivity index (χ1) is 2.81. The van der Waals surface area contributed by atoms with Crippen molar-refractivity contribution in [3.63, 3.8) is 0 Å². The highest BCUT2D eigenvalue weighted by Crippen LogP contribution is 1.75. The molecule has 2 nitrogen and oxygen atoms in total. The zero-order valence-electron chi connectivity index (χ0n) is 4.10. The molecule has 0 aliphatic rings. The molecule has 6 heavy (non-hydrogen) atoms. The molecule has 0 fully saturated rings. The lowest BCUT2D eigenvalue weighted by atomic mass is 9.96. The van der Waals surface area contributed by atoms with Gasteiger partial charge in [-0.25, -0.2) is 0 Å². The topological polar surface area (TPSA) is 18.5 Å². The molecule has 0 bridgehead atoms. The summed E-state index contributed by atoms with van der Waals surface area (Å²) < 4.78 is 9.13. The molecular weight excluding hydrogens is 78.8 g/mol. The Morgan fingerprint density at radius 3 is 1.67 bits per heavy atom. The molecule has 0 aromatic carbocycles. The van der Waals surface area contributed by atoms with Gasteiger partial charge in [-0.1, -0.05) is 0 Å². The lowest BCUT2D eigenvalue weighted by Crippen LogP contribution is -2.13. The fourth-order valence-corrected chi connectivity index (χ4v) is 0.0962. The fraction of sp³-hybridized carbons (Fsp3) is 0.667. The summed E-state index contributed by atoms with van der Waals surface area (Å²) in [5.41, 5.74) is 0. The van der Waals surface area contributed by atoms with E-state index in [4.69, 9.17) is 0 Å². The first-order valence-corrected chi connectivity index (χ1v) is 1.70. The molecule has 3 heteroatoms. The summed E-state index contributed by atoms with van der Waals surface area (Å²) in [6.07, 6.45) is 0. The molecule has 0 aromatic rings. The van der Waals surface area contributed by atoms with Gasteiger partial charge >= 0.3 is 0 Å². The predicted octanol–water partition coefficient (Wildman–Crippen LogP) is 0.141. The average Bonchev–Trinajstić information content (AvgIpc) is 1.65. The van der Waals surface area contributed by atoms with Crippen LogP contribution in [0, 0.1) is 6.82 Å². The standard InChI is InChI=1S/C3H8BO2/c1-4(5-2)6-3/h1H2,2-3H3/q-1. The third kappa shape index (κ3) is 2.24. The van der Waals surface area contributed by atoms with E-state index in [9.17, 15) is 0 Å². The Morgan fingerprint density at radius 1 is 1.33 bits per heavy atom. The van der Waals surface area contributed by atoms with Gasteiger partial charge in [0, 0.05) is 14.2 Å². The van der Waals surface area contributed by atoms with E-state index in [1.54, 1.807) is 14.2 Å². The quantitative estimate of drug-likeness (QED) is 0.352. The Kier molecular flexibility index (Phi) is 3.18. The SMILES string of the molecule is [CH2-]B(OC)OC. The van der Waals surface area contributed by atoms with E-state index in [1.165, 1.54) is 0 Å². The Balaban J connectivity index is 2.75. The minimum Gasteiger partial charge on any atom is -0.440 e. The Hall–Kier alpha value is -0.0151. The Bertz CT molecular complexity index is 28.0. The predicted molar refractivity (Wildman–Crippen MR) is 25.1 cm³/mol. The zero-order valence-corrected chi connectivity index (χ0v) is 4.10. The molecule has 0 heterocycles. The van der Waals surface area contributed by atoms with Crippen LogP contribution in [0.15, 0.2) is 0 Å². The van der Waals surface area contributed by atoms with E-state index >= 15 is 0 Å². The van der Waals surface area contributed by atoms with Crippen molar-refractivity contribution in [2.24, 2.45) is 0 Å². The van der Waals surface area contributed by atoms with Crippen LogP contribution >= 0.6 is 0 Å².